The molecule has 0 aliphatic heterocycles. The van der Waals surface area contributed by atoms with Gasteiger partial charge in [-0.05, 0) is 44.4 Å². The first-order valence-corrected chi connectivity index (χ1v) is 13.3. The third-order valence-corrected chi connectivity index (χ3v) is 8.24. The van der Waals surface area contributed by atoms with Crippen LogP contribution >= 0.6 is 11.3 Å². The predicted octanol–water partition coefficient (Wildman–Crippen LogP) is 4.74. The van der Waals surface area contributed by atoms with Crippen LogP contribution in [-0.2, 0) is 22.4 Å². The van der Waals surface area contributed by atoms with Crippen LogP contribution in [0.2, 0.25) is 0 Å². The number of aromatic nitrogens is 3. The average molecular weight is 588 g/mol. The number of fused-ring (bicyclic) bond motifs is 1. The van der Waals surface area contributed by atoms with Gasteiger partial charge in [-0.15, -0.1) is 11.3 Å². The Hall–Kier alpha value is -3.45. The van der Waals surface area contributed by atoms with Crippen LogP contribution in [0.15, 0.2) is 52.9 Å². The summed E-state index contributed by atoms with van der Waals surface area (Å²) in [6.45, 7) is 0.693. The maximum atomic E-state index is 13.8. The van der Waals surface area contributed by atoms with Gasteiger partial charge in [0.25, 0.3) is 0 Å². The van der Waals surface area contributed by atoms with Crippen molar-refractivity contribution in [3.05, 3.63) is 70.4 Å². The summed E-state index contributed by atoms with van der Waals surface area (Å²) in [4.78, 5) is 6.33. The molecule has 4 rings (SSSR count). The van der Waals surface area contributed by atoms with Gasteiger partial charge in [-0.1, -0.05) is 24.0 Å². The van der Waals surface area contributed by atoms with Crippen molar-refractivity contribution in [3.63, 3.8) is 0 Å². The van der Waals surface area contributed by atoms with Crippen molar-refractivity contribution in [1.29, 1.82) is 0 Å². The second-order valence-electron chi connectivity index (χ2n) is 8.46. The molecule has 0 bridgehead atoms. The van der Waals surface area contributed by atoms with Crippen LogP contribution in [-0.4, -0.2) is 55.1 Å². The zero-order valence-corrected chi connectivity index (χ0v) is 21.9. The second-order valence-corrected chi connectivity index (χ2v) is 11.5. The maximum absolute atomic E-state index is 13.8. The third-order valence-electron chi connectivity index (χ3n) is 5.29. The lowest BCUT2D eigenvalue weighted by Crippen LogP contribution is -2.30. The first-order chi connectivity index (χ1) is 18.1. The summed E-state index contributed by atoms with van der Waals surface area (Å²) in [5.74, 6) is 5.39. The molecule has 4 aromatic rings. The standard InChI is InChI=1S/C24H19F6N5O2S2/c1-34(2)12-11-32-39(36,37)21-10-9-18(38-21)8-5-16-14-31-35-20(24(28,29)30)13-19(33-22(16)35)15-3-6-17(7-4-15)23(25,26)27/h3-4,6-7,9-10,13-14,32H,11-12H2,1-2H3. The number of likely N-dealkylation sites (N-methyl/N-ethyl adjacent to an activating group) is 1. The molecule has 0 fully saturated rings. The number of hydrogen-bond donors (Lipinski definition) is 1. The number of rotatable bonds is 6. The van der Waals surface area contributed by atoms with Crippen LogP contribution in [0.5, 0.6) is 0 Å². The molecule has 206 valence electrons. The molecule has 7 nitrogen and oxygen atoms in total. The van der Waals surface area contributed by atoms with Gasteiger partial charge in [0, 0.05) is 18.7 Å². The minimum atomic E-state index is -4.85. The minimum Gasteiger partial charge on any atom is -0.308 e. The van der Waals surface area contributed by atoms with Crippen molar-refractivity contribution in [2.45, 2.75) is 16.6 Å². The predicted molar refractivity (Wildman–Crippen MR) is 132 cm³/mol. The van der Waals surface area contributed by atoms with E-state index in [-0.39, 0.29) is 33.2 Å². The van der Waals surface area contributed by atoms with Gasteiger partial charge in [-0.3, -0.25) is 0 Å². The normalized spacial score (nSPS) is 12.6. The van der Waals surface area contributed by atoms with Gasteiger partial charge in [0.2, 0.25) is 10.0 Å². The molecule has 0 amide bonds. The van der Waals surface area contributed by atoms with E-state index in [0.717, 1.165) is 41.8 Å². The fourth-order valence-electron chi connectivity index (χ4n) is 3.37. The molecule has 0 saturated carbocycles. The van der Waals surface area contributed by atoms with Gasteiger partial charge in [0.05, 0.1) is 27.9 Å². The Morgan fingerprint density at radius 2 is 1.69 bits per heavy atom. The van der Waals surface area contributed by atoms with E-state index in [1.165, 1.54) is 12.1 Å². The Kier molecular flexibility index (Phi) is 7.77. The Labute approximate surface area is 223 Å². The topological polar surface area (TPSA) is 79.6 Å². The molecule has 3 heterocycles. The Bertz CT molecular complexity index is 1660. The minimum absolute atomic E-state index is 0.0103. The van der Waals surface area contributed by atoms with Crippen molar-refractivity contribution in [1.82, 2.24) is 24.2 Å². The van der Waals surface area contributed by atoms with Gasteiger partial charge in [-0.25, -0.2) is 22.6 Å². The molecule has 0 spiro atoms. The molecule has 0 aliphatic carbocycles. The van der Waals surface area contributed by atoms with Crippen LogP contribution in [0.25, 0.3) is 16.9 Å². The van der Waals surface area contributed by atoms with E-state index in [1.807, 2.05) is 4.90 Å². The van der Waals surface area contributed by atoms with Crippen LogP contribution in [0.3, 0.4) is 0 Å². The lowest BCUT2D eigenvalue weighted by atomic mass is 10.1. The molecule has 1 aromatic carbocycles. The number of sulfonamides is 1. The molecule has 39 heavy (non-hydrogen) atoms. The summed E-state index contributed by atoms with van der Waals surface area (Å²) >= 11 is 0.879. The number of hydrogen-bond acceptors (Lipinski definition) is 6. The molecule has 3 aromatic heterocycles. The number of halogens is 6. The molecule has 1 N–H and O–H groups in total. The van der Waals surface area contributed by atoms with Gasteiger partial charge < -0.3 is 4.90 Å². The first-order valence-electron chi connectivity index (χ1n) is 11.0. The van der Waals surface area contributed by atoms with Crippen molar-refractivity contribution >= 4 is 27.0 Å². The highest BCUT2D eigenvalue weighted by Crippen LogP contribution is 2.34. The van der Waals surface area contributed by atoms with Crippen LogP contribution in [0.1, 0.15) is 21.7 Å². The zero-order valence-electron chi connectivity index (χ0n) is 20.2. The fraction of sp³-hybridized carbons (Fsp3) is 0.250. The average Bonchev–Trinajstić information content (AvgIpc) is 3.48. The fourth-order valence-corrected chi connectivity index (χ4v) is 5.59. The van der Waals surface area contributed by atoms with Gasteiger partial charge in [0.15, 0.2) is 11.3 Å². The van der Waals surface area contributed by atoms with Crippen LogP contribution in [0.4, 0.5) is 26.3 Å². The number of nitrogens with zero attached hydrogens (tertiary/aromatic N) is 4. The van der Waals surface area contributed by atoms with Crippen molar-refractivity contribution in [2.24, 2.45) is 0 Å². The SMILES string of the molecule is CN(C)CCNS(=O)(=O)c1ccc(C#Cc2cnn3c(C(F)(F)F)cc(-c4ccc(C(F)(F)F)cc4)nc23)s1. The first kappa shape index (κ1) is 28.6. The number of thiophene rings is 1. The highest BCUT2D eigenvalue weighted by atomic mass is 32.2. The van der Waals surface area contributed by atoms with Crippen molar-refractivity contribution in [3.8, 4) is 23.1 Å². The molecular weight excluding hydrogens is 568 g/mol. The molecule has 0 aliphatic rings. The summed E-state index contributed by atoms with van der Waals surface area (Å²) in [6, 6.07) is 7.09. The highest BCUT2D eigenvalue weighted by Gasteiger charge is 2.36. The van der Waals surface area contributed by atoms with E-state index in [2.05, 4.69) is 26.6 Å². The lowest BCUT2D eigenvalue weighted by Gasteiger charge is -2.12. The van der Waals surface area contributed by atoms with Crippen molar-refractivity contribution in [2.75, 3.05) is 27.2 Å². The third kappa shape index (κ3) is 6.59. The van der Waals surface area contributed by atoms with Crippen molar-refractivity contribution < 1.29 is 34.8 Å². The van der Waals surface area contributed by atoms with Gasteiger partial charge >= 0.3 is 12.4 Å². The lowest BCUT2D eigenvalue weighted by molar-refractivity contribution is -0.142. The van der Waals surface area contributed by atoms with E-state index < -0.39 is 33.6 Å². The molecule has 0 radical (unpaired) electrons. The Balaban J connectivity index is 1.70. The van der Waals surface area contributed by atoms with Crippen LogP contribution < -0.4 is 4.72 Å². The summed E-state index contributed by atoms with van der Waals surface area (Å²) in [7, 11) is -0.166. The highest BCUT2D eigenvalue weighted by molar-refractivity contribution is 7.91. The Morgan fingerprint density at radius 1 is 1.00 bits per heavy atom. The molecule has 0 atom stereocenters. The van der Waals surface area contributed by atoms with E-state index in [9.17, 15) is 34.8 Å². The largest absolute Gasteiger partial charge is 0.433 e. The second kappa shape index (κ2) is 10.6. The number of nitrogens with one attached hydrogen (secondary N) is 1. The molecular formula is C24H19F6N5O2S2. The molecule has 0 saturated heterocycles. The van der Waals surface area contributed by atoms with Gasteiger partial charge in [0.1, 0.15) is 4.21 Å². The van der Waals surface area contributed by atoms with E-state index in [1.54, 1.807) is 14.1 Å². The molecule has 0 unspecified atom stereocenters. The molecule has 15 heteroatoms. The van der Waals surface area contributed by atoms with Gasteiger partial charge in [-0.2, -0.15) is 31.4 Å². The smallest absolute Gasteiger partial charge is 0.308 e. The van der Waals surface area contributed by atoms with Crippen LogP contribution in [0, 0.1) is 11.8 Å². The maximum Gasteiger partial charge on any atom is 0.433 e. The summed E-state index contributed by atoms with van der Waals surface area (Å²) in [5.41, 5.74) is -2.59. The zero-order chi connectivity index (χ0) is 28.6. The van der Waals surface area contributed by atoms with E-state index >= 15 is 0 Å². The summed E-state index contributed by atoms with van der Waals surface area (Å²) in [6.07, 6.45) is -8.38. The number of benzene rings is 1. The summed E-state index contributed by atoms with van der Waals surface area (Å²) in [5, 5.41) is 3.75. The van der Waals surface area contributed by atoms with E-state index in [0.29, 0.717) is 22.0 Å². The van der Waals surface area contributed by atoms with E-state index in [4.69, 9.17) is 0 Å². The Morgan fingerprint density at radius 3 is 2.31 bits per heavy atom. The summed E-state index contributed by atoms with van der Waals surface area (Å²) < 4.78 is 108. The number of alkyl halides is 6. The monoisotopic (exact) mass is 587 g/mol. The quantitative estimate of drug-likeness (QED) is 0.261.